The summed E-state index contributed by atoms with van der Waals surface area (Å²) >= 11 is 7.50. The molecular formula is C17H21ClN4OS. The molecule has 0 spiro atoms. The molecule has 7 heteroatoms. The molecular weight excluding hydrogens is 344 g/mol. The lowest BCUT2D eigenvalue weighted by Gasteiger charge is -2.31. The van der Waals surface area contributed by atoms with Gasteiger partial charge >= 0.3 is 0 Å². The molecule has 24 heavy (non-hydrogen) atoms. The largest absolute Gasteiger partial charge is 0.342 e. The number of thioether (sulfide) groups is 1. The van der Waals surface area contributed by atoms with E-state index in [-0.39, 0.29) is 11.2 Å². The molecule has 3 rings (SSSR count). The fourth-order valence-electron chi connectivity index (χ4n) is 2.80. The van der Waals surface area contributed by atoms with Gasteiger partial charge in [-0.15, -0.1) is 10.2 Å². The van der Waals surface area contributed by atoms with E-state index in [9.17, 15) is 4.79 Å². The highest BCUT2D eigenvalue weighted by atomic mass is 35.5. The number of halogens is 1. The summed E-state index contributed by atoms with van der Waals surface area (Å²) in [5.74, 6) is 0.885. The standard InChI is InChI=1S/C17H21ClN4OS/c1-12-6-8-21(9-7-12)16(23)13(2)24-17-20-19-11-22(17)15-5-3-4-14(18)10-15/h3-5,10-13H,6-9H2,1-2H3/t13-/m1/s1. The number of benzene rings is 1. The van der Waals surface area contributed by atoms with Crippen LogP contribution in [0.1, 0.15) is 26.7 Å². The monoisotopic (exact) mass is 364 g/mol. The van der Waals surface area contributed by atoms with Crippen LogP contribution in [0.15, 0.2) is 35.7 Å². The van der Waals surface area contributed by atoms with Crippen molar-refractivity contribution in [2.75, 3.05) is 13.1 Å². The van der Waals surface area contributed by atoms with E-state index in [0.717, 1.165) is 31.6 Å². The lowest BCUT2D eigenvalue weighted by molar-refractivity contribution is -0.131. The molecule has 1 aliphatic heterocycles. The van der Waals surface area contributed by atoms with Gasteiger partial charge in [-0.05, 0) is 43.9 Å². The van der Waals surface area contributed by atoms with E-state index in [2.05, 4.69) is 17.1 Å². The summed E-state index contributed by atoms with van der Waals surface area (Å²) in [7, 11) is 0. The van der Waals surface area contributed by atoms with E-state index in [1.165, 1.54) is 11.8 Å². The van der Waals surface area contributed by atoms with Crippen LogP contribution in [0.4, 0.5) is 0 Å². The van der Waals surface area contributed by atoms with E-state index in [1.807, 2.05) is 40.7 Å². The smallest absolute Gasteiger partial charge is 0.235 e. The van der Waals surface area contributed by atoms with Gasteiger partial charge in [0.2, 0.25) is 5.91 Å². The number of piperidine rings is 1. The molecule has 1 saturated heterocycles. The minimum Gasteiger partial charge on any atom is -0.342 e. The van der Waals surface area contributed by atoms with E-state index < -0.39 is 0 Å². The van der Waals surface area contributed by atoms with Gasteiger partial charge in [-0.2, -0.15) is 0 Å². The van der Waals surface area contributed by atoms with Gasteiger partial charge in [0.25, 0.3) is 0 Å². The molecule has 0 unspecified atom stereocenters. The fraction of sp³-hybridized carbons (Fsp3) is 0.471. The van der Waals surface area contributed by atoms with Crippen molar-refractivity contribution in [1.82, 2.24) is 19.7 Å². The SMILES string of the molecule is CC1CCN(C(=O)[C@@H](C)Sc2nncn2-c2cccc(Cl)c2)CC1. The molecule has 128 valence electrons. The third-order valence-electron chi connectivity index (χ3n) is 4.33. The molecule has 0 bridgehead atoms. The van der Waals surface area contributed by atoms with Crippen LogP contribution >= 0.6 is 23.4 Å². The zero-order valence-electron chi connectivity index (χ0n) is 13.9. The van der Waals surface area contributed by atoms with E-state index in [0.29, 0.717) is 16.1 Å². The lowest BCUT2D eigenvalue weighted by Crippen LogP contribution is -2.41. The first-order valence-corrected chi connectivity index (χ1v) is 9.42. The number of nitrogens with zero attached hydrogens (tertiary/aromatic N) is 4. The fourth-order valence-corrected chi connectivity index (χ4v) is 3.91. The Bertz CT molecular complexity index is 712. The van der Waals surface area contributed by atoms with Crippen LogP contribution in [0.2, 0.25) is 5.02 Å². The molecule has 2 aromatic rings. The Hall–Kier alpha value is -1.53. The second-order valence-corrected chi connectivity index (χ2v) is 7.98. The average molecular weight is 365 g/mol. The number of carbonyl (C=O) groups excluding carboxylic acids is 1. The highest BCUT2D eigenvalue weighted by Gasteiger charge is 2.26. The molecule has 1 atom stereocenters. The maximum absolute atomic E-state index is 12.7. The van der Waals surface area contributed by atoms with Gasteiger partial charge in [-0.25, -0.2) is 0 Å². The molecule has 1 aromatic carbocycles. The van der Waals surface area contributed by atoms with Gasteiger partial charge in [0.15, 0.2) is 5.16 Å². The molecule has 0 aliphatic carbocycles. The number of carbonyl (C=O) groups is 1. The van der Waals surface area contributed by atoms with E-state index in [1.54, 1.807) is 6.33 Å². The normalized spacial score (nSPS) is 17.0. The van der Waals surface area contributed by atoms with Crippen LogP contribution in [0.5, 0.6) is 0 Å². The topological polar surface area (TPSA) is 51.0 Å². The maximum Gasteiger partial charge on any atom is 0.235 e. The Labute approximate surface area is 151 Å². The molecule has 5 nitrogen and oxygen atoms in total. The second kappa shape index (κ2) is 7.57. The molecule has 0 saturated carbocycles. The zero-order valence-corrected chi connectivity index (χ0v) is 15.4. The molecule has 1 aromatic heterocycles. The number of rotatable bonds is 4. The van der Waals surface area contributed by atoms with Crippen molar-refractivity contribution in [2.24, 2.45) is 5.92 Å². The Morgan fingerprint density at radius 2 is 2.12 bits per heavy atom. The van der Waals surface area contributed by atoms with Crippen molar-refractivity contribution in [3.63, 3.8) is 0 Å². The van der Waals surface area contributed by atoms with Gasteiger partial charge in [-0.1, -0.05) is 36.4 Å². The first-order valence-electron chi connectivity index (χ1n) is 8.16. The van der Waals surface area contributed by atoms with Gasteiger partial charge in [0, 0.05) is 18.1 Å². The summed E-state index contributed by atoms with van der Waals surface area (Å²) in [5.41, 5.74) is 0.890. The first kappa shape index (κ1) is 17.3. The van der Waals surface area contributed by atoms with Crippen LogP contribution in [-0.4, -0.2) is 43.9 Å². The summed E-state index contributed by atoms with van der Waals surface area (Å²) in [6, 6.07) is 7.51. The summed E-state index contributed by atoms with van der Waals surface area (Å²) in [5, 5.41) is 9.31. The van der Waals surface area contributed by atoms with Crippen LogP contribution in [0.3, 0.4) is 0 Å². The number of amides is 1. The highest BCUT2D eigenvalue weighted by molar-refractivity contribution is 8.00. The van der Waals surface area contributed by atoms with E-state index >= 15 is 0 Å². The number of hydrogen-bond donors (Lipinski definition) is 0. The molecule has 0 radical (unpaired) electrons. The predicted octanol–water partition coefficient (Wildman–Crippen LogP) is 3.66. The molecule has 2 heterocycles. The average Bonchev–Trinajstić information content (AvgIpc) is 3.03. The number of hydrogen-bond acceptors (Lipinski definition) is 4. The van der Waals surface area contributed by atoms with Crippen molar-refractivity contribution in [2.45, 2.75) is 37.1 Å². The van der Waals surface area contributed by atoms with Gasteiger partial charge < -0.3 is 4.90 Å². The van der Waals surface area contributed by atoms with Gasteiger partial charge in [0.1, 0.15) is 6.33 Å². The Kier molecular flexibility index (Phi) is 5.46. The second-order valence-electron chi connectivity index (χ2n) is 6.23. The lowest BCUT2D eigenvalue weighted by atomic mass is 9.99. The summed E-state index contributed by atoms with van der Waals surface area (Å²) in [4.78, 5) is 14.6. The quantitative estimate of drug-likeness (QED) is 0.777. The van der Waals surface area contributed by atoms with Crippen molar-refractivity contribution < 1.29 is 4.79 Å². The molecule has 1 fully saturated rings. The Morgan fingerprint density at radius 1 is 1.38 bits per heavy atom. The third-order valence-corrected chi connectivity index (χ3v) is 5.61. The maximum atomic E-state index is 12.7. The Balaban J connectivity index is 1.70. The molecule has 1 aliphatic rings. The zero-order chi connectivity index (χ0) is 17.1. The number of likely N-dealkylation sites (tertiary alicyclic amines) is 1. The van der Waals surface area contributed by atoms with Crippen LogP contribution in [-0.2, 0) is 4.79 Å². The highest BCUT2D eigenvalue weighted by Crippen LogP contribution is 2.27. The van der Waals surface area contributed by atoms with Crippen molar-refractivity contribution >= 4 is 29.3 Å². The predicted molar refractivity (Wildman–Crippen MR) is 96.7 cm³/mol. The van der Waals surface area contributed by atoms with Crippen LogP contribution < -0.4 is 0 Å². The first-order chi connectivity index (χ1) is 11.5. The van der Waals surface area contributed by atoms with Crippen molar-refractivity contribution in [3.05, 3.63) is 35.6 Å². The summed E-state index contributed by atoms with van der Waals surface area (Å²) < 4.78 is 1.86. The third kappa shape index (κ3) is 3.92. The summed E-state index contributed by atoms with van der Waals surface area (Å²) in [6.45, 7) is 5.88. The van der Waals surface area contributed by atoms with Crippen LogP contribution in [0.25, 0.3) is 5.69 Å². The number of aromatic nitrogens is 3. The van der Waals surface area contributed by atoms with Crippen molar-refractivity contribution in [3.8, 4) is 5.69 Å². The summed E-state index contributed by atoms with van der Waals surface area (Å²) in [6.07, 6.45) is 3.82. The Morgan fingerprint density at radius 3 is 2.83 bits per heavy atom. The minimum atomic E-state index is -0.194. The van der Waals surface area contributed by atoms with Crippen molar-refractivity contribution in [1.29, 1.82) is 0 Å². The minimum absolute atomic E-state index is 0.174. The van der Waals surface area contributed by atoms with Crippen LogP contribution in [0, 0.1) is 5.92 Å². The van der Waals surface area contributed by atoms with E-state index in [4.69, 9.17) is 11.6 Å². The van der Waals surface area contributed by atoms with Gasteiger partial charge in [0.05, 0.1) is 10.9 Å². The van der Waals surface area contributed by atoms with Gasteiger partial charge in [-0.3, -0.25) is 9.36 Å². The molecule has 1 amide bonds. The molecule has 0 N–H and O–H groups in total.